The zero-order valence-electron chi connectivity index (χ0n) is 38.7. The summed E-state index contributed by atoms with van der Waals surface area (Å²) in [4.78, 5) is 37.1. The van der Waals surface area contributed by atoms with Crippen LogP contribution < -0.4 is 9.75 Å². The molecule has 7 rings (SSSR count). The lowest BCUT2D eigenvalue weighted by Gasteiger charge is -2.19. The van der Waals surface area contributed by atoms with Crippen molar-refractivity contribution in [3.05, 3.63) is 221 Å². The first kappa shape index (κ1) is 49.8. The number of rotatable bonds is 21. The highest BCUT2D eigenvalue weighted by Crippen LogP contribution is 2.30. The molecule has 0 aliphatic carbocycles. The van der Waals surface area contributed by atoms with Crippen molar-refractivity contribution in [3.8, 4) is 28.7 Å². The minimum Gasteiger partial charge on any atom is -0.462 e. The molecule has 0 aromatic heterocycles. The Hall–Kier alpha value is -8.07. The Balaban J connectivity index is 1.12. The van der Waals surface area contributed by atoms with E-state index >= 15 is 0 Å². The summed E-state index contributed by atoms with van der Waals surface area (Å²) in [6.07, 6.45) is 5.00. The Bertz CT molecular complexity index is 2950. The van der Waals surface area contributed by atoms with Crippen LogP contribution in [0.25, 0.3) is 21.9 Å². The van der Waals surface area contributed by atoms with Crippen molar-refractivity contribution in [2.24, 2.45) is 11.0 Å². The summed E-state index contributed by atoms with van der Waals surface area (Å²) >= 11 is 7.01. The molecule has 0 aliphatic heterocycles. The predicted octanol–water partition coefficient (Wildman–Crippen LogP) is 11.8. The molecule has 0 amide bonds. The van der Waals surface area contributed by atoms with Crippen molar-refractivity contribution in [3.63, 3.8) is 0 Å². The molecule has 0 atom stereocenters. The molecule has 7 aromatic rings. The highest BCUT2D eigenvalue weighted by molar-refractivity contribution is 6.32. The number of halogens is 1. The number of ether oxygens (including phenoxy) is 5. The zero-order chi connectivity index (χ0) is 49.1. The molecule has 0 unspecified atom stereocenters. The molecule has 0 spiro atoms. The number of fused-ring (bicyclic) bond motifs is 1. The van der Waals surface area contributed by atoms with Gasteiger partial charge in [-0.2, -0.15) is 5.10 Å². The molecule has 11 heteroatoms. The molecular formula is C59H51ClN2O8. The molecule has 0 aliphatic rings. The van der Waals surface area contributed by atoms with E-state index in [0.717, 1.165) is 57.6 Å². The molecule has 0 bridgehead atoms. The fourth-order valence-electron chi connectivity index (χ4n) is 7.34. The lowest BCUT2D eigenvalue weighted by Crippen LogP contribution is -2.22. The smallest absolute Gasteiger partial charge is 0.343 e. The second-order valence-electron chi connectivity index (χ2n) is 16.0. The first-order chi connectivity index (χ1) is 34.2. The van der Waals surface area contributed by atoms with Gasteiger partial charge in [-0.3, -0.25) is 0 Å². The van der Waals surface area contributed by atoms with Crippen LogP contribution >= 0.6 is 11.6 Å². The number of anilines is 2. The molecule has 0 N–H and O–H groups in total. The Morgan fingerprint density at radius 1 is 0.671 bits per heavy atom. The van der Waals surface area contributed by atoms with Crippen LogP contribution in [0, 0.1) is 17.8 Å². The minimum absolute atomic E-state index is 0.00592. The van der Waals surface area contributed by atoms with Crippen molar-refractivity contribution in [2.45, 2.75) is 12.8 Å². The van der Waals surface area contributed by atoms with E-state index in [9.17, 15) is 14.4 Å². The number of hydrogen-bond acceptors (Lipinski definition) is 10. The second kappa shape index (κ2) is 25.3. The molecule has 0 radical (unpaired) electrons. The minimum atomic E-state index is -0.619. The summed E-state index contributed by atoms with van der Waals surface area (Å²) in [5.41, 5.74) is 7.89. The molecule has 0 saturated heterocycles. The van der Waals surface area contributed by atoms with E-state index in [0.29, 0.717) is 37.4 Å². The van der Waals surface area contributed by atoms with E-state index in [4.69, 9.17) is 40.4 Å². The second-order valence-corrected chi connectivity index (χ2v) is 16.4. The first-order valence-electron chi connectivity index (χ1n) is 22.6. The monoisotopic (exact) mass is 950 g/mol. The van der Waals surface area contributed by atoms with Gasteiger partial charge in [0, 0.05) is 42.4 Å². The normalized spacial score (nSPS) is 10.9. The van der Waals surface area contributed by atoms with E-state index in [1.165, 1.54) is 10.9 Å². The van der Waals surface area contributed by atoms with E-state index in [1.807, 2.05) is 84.9 Å². The highest BCUT2D eigenvalue weighted by atomic mass is 35.5. The van der Waals surface area contributed by atoms with Crippen LogP contribution in [0.15, 0.2) is 188 Å². The summed E-state index contributed by atoms with van der Waals surface area (Å²) in [5, 5.41) is 9.30. The Kier molecular flexibility index (Phi) is 18.0. The van der Waals surface area contributed by atoms with Gasteiger partial charge in [-0.25, -0.2) is 19.4 Å². The van der Waals surface area contributed by atoms with Crippen molar-refractivity contribution in [1.29, 1.82) is 0 Å². The number of nitrogens with zero attached hydrogens (tertiary/aromatic N) is 2. The van der Waals surface area contributed by atoms with Gasteiger partial charge in [-0.1, -0.05) is 128 Å². The van der Waals surface area contributed by atoms with E-state index in [-0.39, 0.29) is 35.5 Å². The van der Waals surface area contributed by atoms with Crippen LogP contribution in [0.2, 0.25) is 5.02 Å². The average molecular weight is 952 g/mol. The van der Waals surface area contributed by atoms with Gasteiger partial charge in [0.2, 0.25) is 0 Å². The highest BCUT2D eigenvalue weighted by Gasteiger charge is 2.18. The topological polar surface area (TPSA) is 113 Å². The molecule has 0 saturated carbocycles. The number of carbonyl (C=O) groups excluding carboxylic acids is 3. The third-order valence-electron chi connectivity index (χ3n) is 11.0. The van der Waals surface area contributed by atoms with Crippen molar-refractivity contribution in [1.82, 2.24) is 0 Å². The summed E-state index contributed by atoms with van der Waals surface area (Å²) in [6, 6.07) is 50.5. The van der Waals surface area contributed by atoms with Gasteiger partial charge >= 0.3 is 17.9 Å². The van der Waals surface area contributed by atoms with Gasteiger partial charge in [0.25, 0.3) is 0 Å². The van der Waals surface area contributed by atoms with Crippen LogP contribution in [0.3, 0.4) is 0 Å². The first-order valence-corrected chi connectivity index (χ1v) is 23.0. The van der Waals surface area contributed by atoms with Crippen LogP contribution in [-0.2, 0) is 41.4 Å². The fourth-order valence-corrected chi connectivity index (χ4v) is 7.60. The number of esters is 3. The Morgan fingerprint density at radius 2 is 1.29 bits per heavy atom. The molecule has 7 aromatic carbocycles. The van der Waals surface area contributed by atoms with Crippen LogP contribution in [-0.4, -0.2) is 64.3 Å². The van der Waals surface area contributed by atoms with Crippen molar-refractivity contribution in [2.75, 3.05) is 45.2 Å². The largest absolute Gasteiger partial charge is 0.462 e. The molecule has 352 valence electrons. The van der Waals surface area contributed by atoms with E-state index < -0.39 is 17.9 Å². The molecule has 70 heavy (non-hydrogen) atoms. The number of benzene rings is 7. The third-order valence-corrected chi connectivity index (χ3v) is 11.3. The molecule has 10 nitrogen and oxygen atoms in total. The number of carbonyl (C=O) groups is 3. The van der Waals surface area contributed by atoms with Gasteiger partial charge in [-0.15, -0.1) is 0 Å². The standard InChI is InChI=1S/C59H51ClN2O8/c1-4-57(63)68-40-45(41-69-58(64)5-2)34-43-18-24-47(25-19-43)59(65)70-54-37-51(39-61-62(52-12-8-6-9-13-52)53-14-10-7-11-15-53)55(56(60)38-54)29-21-42-16-22-46(23-17-42)49-28-27-48-35-44(20-26-50(48)36-49)30-31-67-33-32-66-3/h4-20,22-28,35-39,45H,1-2,30-34,40-41H2,3H3/b61-39+. The van der Waals surface area contributed by atoms with Gasteiger partial charge in [0.15, 0.2) is 0 Å². The molecular weight excluding hydrogens is 900 g/mol. The number of para-hydroxylation sites is 2. The molecule has 0 heterocycles. The summed E-state index contributed by atoms with van der Waals surface area (Å²) < 4.78 is 27.1. The zero-order valence-corrected chi connectivity index (χ0v) is 39.5. The maximum Gasteiger partial charge on any atom is 0.343 e. The Morgan fingerprint density at radius 3 is 1.93 bits per heavy atom. The predicted molar refractivity (Wildman–Crippen MR) is 277 cm³/mol. The van der Waals surface area contributed by atoms with Gasteiger partial charge in [-0.05, 0) is 107 Å². The average Bonchev–Trinajstić information content (AvgIpc) is 3.39. The maximum atomic E-state index is 13.6. The number of hydrazone groups is 1. The summed E-state index contributed by atoms with van der Waals surface area (Å²) in [5.74, 6) is 4.58. The third kappa shape index (κ3) is 14.2. The van der Waals surface area contributed by atoms with Crippen molar-refractivity contribution >= 4 is 57.9 Å². The SMILES string of the molecule is C=CC(=O)OCC(COC(=O)C=C)Cc1ccc(C(=O)Oc2cc(Cl)c(C#Cc3ccc(-c4ccc5cc(CCOCCOC)ccc5c4)cc3)c(/C=N/N(c3ccccc3)c3ccccc3)c2)cc1. The van der Waals surface area contributed by atoms with E-state index in [1.54, 1.807) is 54.7 Å². The van der Waals surface area contributed by atoms with Gasteiger partial charge in [0.05, 0.1) is 66.8 Å². The lowest BCUT2D eigenvalue weighted by molar-refractivity contribution is -0.142. The number of methoxy groups -OCH3 is 1. The number of hydrogen-bond donors (Lipinski definition) is 0. The van der Waals surface area contributed by atoms with Gasteiger partial charge < -0.3 is 23.7 Å². The van der Waals surface area contributed by atoms with Crippen LogP contribution in [0.5, 0.6) is 5.75 Å². The fraction of sp³-hybridized carbons (Fsp3) is 0.153. The van der Waals surface area contributed by atoms with E-state index in [2.05, 4.69) is 61.4 Å². The van der Waals surface area contributed by atoms with Crippen LogP contribution in [0.4, 0.5) is 11.4 Å². The molecule has 0 fully saturated rings. The Labute approximate surface area is 413 Å². The summed E-state index contributed by atoms with van der Waals surface area (Å²) in [6.45, 7) is 8.65. The summed E-state index contributed by atoms with van der Waals surface area (Å²) in [7, 11) is 1.67. The van der Waals surface area contributed by atoms with Crippen molar-refractivity contribution < 1.29 is 38.1 Å². The quantitative estimate of drug-likeness (QED) is 0.0132. The van der Waals surface area contributed by atoms with Crippen LogP contribution in [0.1, 0.15) is 38.2 Å². The lowest BCUT2D eigenvalue weighted by atomic mass is 9.98. The maximum absolute atomic E-state index is 13.6. The van der Waals surface area contributed by atoms with Gasteiger partial charge in [0.1, 0.15) is 5.75 Å².